The molecule has 0 saturated carbocycles. The SMILES string of the molecule is C1=CCC(c2nc(-c3ccccc3)nc(-c3cccc(-n4c5cc(-c6ccccc6)ccc5c5ccc6c(c54)C(c4ccccc4)(c4ccccc4)c4ccccc4-6)c3)n2)C=C1. The number of fused-ring (bicyclic) bond motifs is 7. The van der Waals surface area contributed by atoms with Crippen molar-refractivity contribution in [1.29, 1.82) is 0 Å². The van der Waals surface area contributed by atoms with Crippen LogP contribution < -0.4 is 0 Å². The minimum atomic E-state index is -0.602. The maximum atomic E-state index is 5.22. The number of benzene rings is 8. The first-order chi connectivity index (χ1) is 30.8. The van der Waals surface area contributed by atoms with Gasteiger partial charge in [0.15, 0.2) is 11.6 Å². The topological polar surface area (TPSA) is 43.6 Å². The molecule has 292 valence electrons. The van der Waals surface area contributed by atoms with Gasteiger partial charge >= 0.3 is 0 Å². The zero-order valence-corrected chi connectivity index (χ0v) is 33.9. The number of rotatable bonds is 7. The predicted molar refractivity (Wildman–Crippen MR) is 253 cm³/mol. The van der Waals surface area contributed by atoms with Crippen molar-refractivity contribution in [3.05, 3.63) is 253 Å². The zero-order chi connectivity index (χ0) is 41.0. The van der Waals surface area contributed by atoms with Crippen LogP contribution in [-0.4, -0.2) is 19.5 Å². The van der Waals surface area contributed by atoms with E-state index >= 15 is 0 Å². The summed E-state index contributed by atoms with van der Waals surface area (Å²) in [6.07, 6.45) is 9.40. The standard InChI is InChI=1S/C58H40N4/c1-6-19-39(20-7-1)42-33-34-48-50-36-35-49-47-31-16-17-32-51(47)58(44-26-12-4-13-27-44,45-28-14-5-15-29-45)53(49)54(50)62(52(48)38-42)46-30-18-25-43(37-46)57-60-55(40-21-8-2-9-22-40)59-56(61-57)41-23-10-3-11-24-41/h1-23,25-38,41H,24H2. The molecule has 62 heavy (non-hydrogen) atoms. The number of hydrogen-bond donors (Lipinski definition) is 0. The molecule has 10 aromatic rings. The Labute approximate surface area is 360 Å². The third-order valence-electron chi connectivity index (χ3n) is 12.8. The van der Waals surface area contributed by atoms with Crippen molar-refractivity contribution in [1.82, 2.24) is 19.5 Å². The quantitative estimate of drug-likeness (QED) is 0.161. The molecule has 2 aliphatic rings. The van der Waals surface area contributed by atoms with E-state index < -0.39 is 5.41 Å². The molecule has 1 unspecified atom stereocenters. The maximum absolute atomic E-state index is 5.22. The van der Waals surface area contributed by atoms with Gasteiger partial charge in [-0.3, -0.25) is 0 Å². The van der Waals surface area contributed by atoms with E-state index in [1.807, 2.05) is 18.2 Å². The van der Waals surface area contributed by atoms with Gasteiger partial charge in [0.2, 0.25) is 0 Å². The van der Waals surface area contributed by atoms with Gasteiger partial charge < -0.3 is 4.57 Å². The largest absolute Gasteiger partial charge is 0.309 e. The molecule has 0 fully saturated rings. The molecule has 0 bridgehead atoms. The first-order valence-electron chi connectivity index (χ1n) is 21.4. The van der Waals surface area contributed by atoms with Crippen molar-refractivity contribution in [3.8, 4) is 50.7 Å². The average molecular weight is 793 g/mol. The predicted octanol–water partition coefficient (Wildman–Crippen LogP) is 13.9. The van der Waals surface area contributed by atoms with Gasteiger partial charge in [0, 0.05) is 39.1 Å². The molecular weight excluding hydrogens is 753 g/mol. The zero-order valence-electron chi connectivity index (χ0n) is 33.9. The van der Waals surface area contributed by atoms with Gasteiger partial charge in [-0.15, -0.1) is 0 Å². The first kappa shape index (κ1) is 35.9. The summed E-state index contributed by atoms with van der Waals surface area (Å²) in [6.45, 7) is 0. The molecule has 8 aromatic carbocycles. The lowest BCUT2D eigenvalue weighted by molar-refractivity contribution is 0.764. The minimum absolute atomic E-state index is 0.0643. The van der Waals surface area contributed by atoms with Gasteiger partial charge in [0.05, 0.1) is 16.4 Å². The van der Waals surface area contributed by atoms with Crippen LogP contribution in [0, 0.1) is 0 Å². The summed E-state index contributed by atoms with van der Waals surface area (Å²) in [5.74, 6) is 2.17. The van der Waals surface area contributed by atoms with Crippen molar-refractivity contribution in [3.63, 3.8) is 0 Å². The third-order valence-corrected chi connectivity index (χ3v) is 12.8. The fourth-order valence-electron chi connectivity index (χ4n) is 10.1. The summed E-state index contributed by atoms with van der Waals surface area (Å²) in [5.41, 5.74) is 14.5. The summed E-state index contributed by atoms with van der Waals surface area (Å²) in [6, 6.07) is 72.6. The smallest absolute Gasteiger partial charge is 0.163 e. The Balaban J connectivity index is 1.18. The molecule has 0 radical (unpaired) electrons. The van der Waals surface area contributed by atoms with Crippen molar-refractivity contribution in [2.24, 2.45) is 0 Å². The van der Waals surface area contributed by atoms with E-state index in [0.717, 1.165) is 34.6 Å². The summed E-state index contributed by atoms with van der Waals surface area (Å²) in [4.78, 5) is 15.5. The van der Waals surface area contributed by atoms with Gasteiger partial charge in [-0.05, 0) is 63.6 Å². The summed E-state index contributed by atoms with van der Waals surface area (Å²) in [7, 11) is 0. The van der Waals surface area contributed by atoms with Gasteiger partial charge in [0.1, 0.15) is 5.82 Å². The van der Waals surface area contributed by atoms with E-state index in [-0.39, 0.29) is 5.92 Å². The van der Waals surface area contributed by atoms with E-state index in [1.54, 1.807) is 0 Å². The Bertz CT molecular complexity index is 3330. The second kappa shape index (κ2) is 14.6. The maximum Gasteiger partial charge on any atom is 0.163 e. The molecule has 2 heterocycles. The molecule has 4 nitrogen and oxygen atoms in total. The highest BCUT2D eigenvalue weighted by Crippen LogP contribution is 2.59. The molecule has 4 heteroatoms. The Hall–Kier alpha value is -7.95. The number of hydrogen-bond acceptors (Lipinski definition) is 3. The molecule has 0 saturated heterocycles. The lowest BCUT2D eigenvalue weighted by Crippen LogP contribution is -2.29. The number of allylic oxidation sites excluding steroid dienone is 4. The van der Waals surface area contributed by atoms with Gasteiger partial charge in [-0.25, -0.2) is 15.0 Å². The third kappa shape index (κ3) is 5.64. The molecule has 0 spiro atoms. The Morgan fingerprint density at radius 2 is 1.10 bits per heavy atom. The van der Waals surface area contributed by atoms with Crippen molar-refractivity contribution in [2.75, 3.05) is 0 Å². The van der Waals surface area contributed by atoms with Gasteiger partial charge in [-0.1, -0.05) is 206 Å². The lowest BCUT2D eigenvalue weighted by atomic mass is 9.67. The lowest BCUT2D eigenvalue weighted by Gasteiger charge is -2.34. The Morgan fingerprint density at radius 3 is 1.81 bits per heavy atom. The van der Waals surface area contributed by atoms with E-state index in [9.17, 15) is 0 Å². The van der Waals surface area contributed by atoms with Crippen LogP contribution in [0.4, 0.5) is 0 Å². The highest BCUT2D eigenvalue weighted by molar-refractivity contribution is 6.14. The number of nitrogens with zero attached hydrogens (tertiary/aromatic N) is 4. The van der Waals surface area contributed by atoms with Gasteiger partial charge in [-0.2, -0.15) is 0 Å². The van der Waals surface area contributed by atoms with Crippen LogP contribution in [0.3, 0.4) is 0 Å². The fraction of sp³-hybridized carbons (Fsp3) is 0.0517. The molecule has 1 atom stereocenters. The van der Waals surface area contributed by atoms with E-state index in [1.165, 1.54) is 60.8 Å². The van der Waals surface area contributed by atoms with E-state index in [0.29, 0.717) is 11.6 Å². The summed E-state index contributed by atoms with van der Waals surface area (Å²) < 4.78 is 2.51. The number of aromatic nitrogens is 4. The molecule has 2 aliphatic carbocycles. The van der Waals surface area contributed by atoms with Crippen molar-refractivity contribution in [2.45, 2.75) is 17.8 Å². The minimum Gasteiger partial charge on any atom is -0.309 e. The molecule has 2 aromatic heterocycles. The second-order valence-corrected chi connectivity index (χ2v) is 16.3. The Morgan fingerprint density at radius 1 is 0.468 bits per heavy atom. The van der Waals surface area contributed by atoms with Crippen LogP contribution >= 0.6 is 0 Å². The average Bonchev–Trinajstić information content (AvgIpc) is 3.86. The van der Waals surface area contributed by atoms with Crippen LogP contribution in [0.25, 0.3) is 72.5 Å². The highest BCUT2D eigenvalue weighted by Gasteiger charge is 2.48. The van der Waals surface area contributed by atoms with Crippen molar-refractivity contribution >= 4 is 21.8 Å². The highest BCUT2D eigenvalue weighted by atomic mass is 15.0. The Kier molecular flexibility index (Phi) is 8.49. The monoisotopic (exact) mass is 792 g/mol. The second-order valence-electron chi connectivity index (χ2n) is 16.3. The molecule has 0 N–H and O–H groups in total. The summed E-state index contributed by atoms with van der Waals surface area (Å²) >= 11 is 0. The van der Waals surface area contributed by atoms with E-state index in [2.05, 4.69) is 211 Å². The van der Waals surface area contributed by atoms with Crippen molar-refractivity contribution < 1.29 is 0 Å². The van der Waals surface area contributed by atoms with Crippen LogP contribution in [0.5, 0.6) is 0 Å². The van der Waals surface area contributed by atoms with Crippen LogP contribution in [0.2, 0.25) is 0 Å². The summed E-state index contributed by atoms with van der Waals surface area (Å²) in [5, 5.41) is 2.41. The molecule has 12 rings (SSSR count). The van der Waals surface area contributed by atoms with Crippen LogP contribution in [0.1, 0.15) is 40.4 Å². The van der Waals surface area contributed by atoms with E-state index in [4.69, 9.17) is 15.0 Å². The molecule has 0 amide bonds. The normalized spacial score (nSPS) is 14.9. The van der Waals surface area contributed by atoms with Crippen LogP contribution in [-0.2, 0) is 5.41 Å². The fourth-order valence-corrected chi connectivity index (χ4v) is 10.1. The first-order valence-corrected chi connectivity index (χ1v) is 21.4. The van der Waals surface area contributed by atoms with Crippen LogP contribution in [0.15, 0.2) is 224 Å². The molecule has 0 aliphatic heterocycles. The van der Waals surface area contributed by atoms with Gasteiger partial charge in [0.25, 0.3) is 0 Å². The molecular formula is C58H40N4.